The Morgan fingerprint density at radius 2 is 1.76 bits per heavy atom. The average Bonchev–Trinajstić information content (AvgIpc) is 2.53. The fourth-order valence-electron chi connectivity index (χ4n) is 1.85. The summed E-state index contributed by atoms with van der Waals surface area (Å²) < 4.78 is 10.2. The Labute approximate surface area is 123 Å². The molecule has 0 amide bonds. The third-order valence-electron chi connectivity index (χ3n) is 3.01. The van der Waals surface area contributed by atoms with E-state index in [1.54, 1.807) is 49.6 Å². The molecule has 2 aromatic rings. The summed E-state index contributed by atoms with van der Waals surface area (Å²) in [6, 6.07) is 11.6. The molecule has 0 fully saturated rings. The number of phenols is 1. The summed E-state index contributed by atoms with van der Waals surface area (Å²) in [6.07, 6.45) is 3.13. The number of phenolic OH excluding ortho intramolecular Hbond substituents is 1. The van der Waals surface area contributed by atoms with E-state index < -0.39 is 0 Å². The molecule has 0 saturated heterocycles. The van der Waals surface area contributed by atoms with Crippen LogP contribution >= 0.6 is 0 Å². The molecule has 108 valence electrons. The molecule has 0 heterocycles. The molecule has 2 rings (SSSR count). The van der Waals surface area contributed by atoms with Gasteiger partial charge in [0.25, 0.3) is 0 Å². The predicted octanol–water partition coefficient (Wildman–Crippen LogP) is 3.31. The van der Waals surface area contributed by atoms with Crippen LogP contribution in [0.1, 0.15) is 15.9 Å². The number of hydrogen-bond acceptors (Lipinski definition) is 4. The SMILES string of the molecule is COc1ccc(C(=O)/C=C/c2ccc(O)cc2OC)cc1. The van der Waals surface area contributed by atoms with Gasteiger partial charge in [0.15, 0.2) is 5.78 Å². The molecule has 0 spiro atoms. The molecule has 21 heavy (non-hydrogen) atoms. The third-order valence-corrected chi connectivity index (χ3v) is 3.01. The molecule has 0 aliphatic heterocycles. The first-order chi connectivity index (χ1) is 10.1. The fraction of sp³-hybridized carbons (Fsp3) is 0.118. The maximum atomic E-state index is 12.1. The van der Waals surface area contributed by atoms with Gasteiger partial charge in [0.1, 0.15) is 17.2 Å². The number of ether oxygens (including phenoxy) is 2. The van der Waals surface area contributed by atoms with Gasteiger partial charge in [-0.3, -0.25) is 4.79 Å². The van der Waals surface area contributed by atoms with Crippen molar-refractivity contribution < 1.29 is 19.4 Å². The molecule has 0 bridgehead atoms. The van der Waals surface area contributed by atoms with Gasteiger partial charge in [-0.25, -0.2) is 0 Å². The number of carbonyl (C=O) groups excluding carboxylic acids is 1. The summed E-state index contributed by atoms with van der Waals surface area (Å²) in [5.74, 6) is 1.21. The van der Waals surface area contributed by atoms with E-state index in [1.165, 1.54) is 19.3 Å². The molecule has 0 aromatic heterocycles. The van der Waals surface area contributed by atoms with Crippen LogP contribution < -0.4 is 9.47 Å². The third kappa shape index (κ3) is 3.63. The Morgan fingerprint density at radius 1 is 1.05 bits per heavy atom. The minimum absolute atomic E-state index is 0.116. The van der Waals surface area contributed by atoms with E-state index in [2.05, 4.69) is 0 Å². The zero-order valence-corrected chi connectivity index (χ0v) is 11.9. The van der Waals surface area contributed by atoms with Crippen molar-refractivity contribution in [3.05, 3.63) is 59.7 Å². The lowest BCUT2D eigenvalue weighted by molar-refractivity contribution is 0.104. The summed E-state index contributed by atoms with van der Waals surface area (Å²) in [5, 5.41) is 9.39. The lowest BCUT2D eigenvalue weighted by Gasteiger charge is -2.05. The summed E-state index contributed by atoms with van der Waals surface area (Å²) in [5.41, 5.74) is 1.29. The Balaban J connectivity index is 2.18. The Bertz CT molecular complexity index is 657. The van der Waals surface area contributed by atoms with Gasteiger partial charge in [-0.2, -0.15) is 0 Å². The molecular weight excluding hydrogens is 268 g/mol. The largest absolute Gasteiger partial charge is 0.508 e. The van der Waals surface area contributed by atoms with Crippen LogP contribution in [0.2, 0.25) is 0 Å². The van der Waals surface area contributed by atoms with E-state index in [0.717, 1.165) is 5.56 Å². The van der Waals surface area contributed by atoms with Crippen molar-refractivity contribution in [2.75, 3.05) is 14.2 Å². The lowest BCUT2D eigenvalue weighted by atomic mass is 10.1. The van der Waals surface area contributed by atoms with Crippen molar-refractivity contribution in [1.29, 1.82) is 0 Å². The number of hydrogen-bond donors (Lipinski definition) is 1. The highest BCUT2D eigenvalue weighted by Crippen LogP contribution is 2.25. The van der Waals surface area contributed by atoms with Crippen LogP contribution in [0.25, 0.3) is 6.08 Å². The summed E-state index contributed by atoms with van der Waals surface area (Å²) in [6.45, 7) is 0. The number of aromatic hydroxyl groups is 1. The monoisotopic (exact) mass is 284 g/mol. The van der Waals surface area contributed by atoms with Crippen molar-refractivity contribution in [2.45, 2.75) is 0 Å². The summed E-state index contributed by atoms with van der Waals surface area (Å²) >= 11 is 0. The van der Waals surface area contributed by atoms with Gasteiger partial charge < -0.3 is 14.6 Å². The van der Waals surface area contributed by atoms with Crippen LogP contribution in [0.15, 0.2) is 48.5 Å². The Kier molecular flexibility index (Phi) is 4.61. The topological polar surface area (TPSA) is 55.8 Å². The second kappa shape index (κ2) is 6.61. The zero-order chi connectivity index (χ0) is 15.2. The second-order valence-corrected chi connectivity index (χ2v) is 4.35. The lowest BCUT2D eigenvalue weighted by Crippen LogP contribution is -1.94. The van der Waals surface area contributed by atoms with Crippen LogP contribution in [0.5, 0.6) is 17.2 Å². The van der Waals surface area contributed by atoms with Crippen molar-refractivity contribution >= 4 is 11.9 Å². The van der Waals surface area contributed by atoms with E-state index in [1.807, 2.05) is 0 Å². The number of allylic oxidation sites excluding steroid dienone is 1. The summed E-state index contributed by atoms with van der Waals surface area (Å²) in [4.78, 5) is 12.1. The first-order valence-electron chi connectivity index (χ1n) is 6.37. The molecule has 0 aliphatic carbocycles. The van der Waals surface area contributed by atoms with Gasteiger partial charge in [-0.15, -0.1) is 0 Å². The highest BCUT2D eigenvalue weighted by Gasteiger charge is 2.04. The number of rotatable bonds is 5. The maximum Gasteiger partial charge on any atom is 0.185 e. The maximum absolute atomic E-state index is 12.1. The second-order valence-electron chi connectivity index (χ2n) is 4.35. The smallest absolute Gasteiger partial charge is 0.185 e. The van der Waals surface area contributed by atoms with E-state index in [9.17, 15) is 9.90 Å². The standard InChI is InChI=1S/C17H16O4/c1-20-15-8-4-12(5-9-15)16(19)10-6-13-3-7-14(18)11-17(13)21-2/h3-11,18H,1-2H3/b10-6+. The van der Waals surface area contributed by atoms with E-state index >= 15 is 0 Å². The van der Waals surface area contributed by atoms with E-state index in [0.29, 0.717) is 17.1 Å². The molecule has 2 aromatic carbocycles. The van der Waals surface area contributed by atoms with Crippen LogP contribution in [0, 0.1) is 0 Å². The molecule has 0 unspecified atom stereocenters. The minimum atomic E-state index is -0.118. The molecule has 0 atom stereocenters. The van der Waals surface area contributed by atoms with Gasteiger partial charge in [-0.1, -0.05) is 0 Å². The Hall–Kier alpha value is -2.75. The van der Waals surface area contributed by atoms with Gasteiger partial charge >= 0.3 is 0 Å². The van der Waals surface area contributed by atoms with Crippen molar-refractivity contribution in [2.24, 2.45) is 0 Å². The van der Waals surface area contributed by atoms with Crippen molar-refractivity contribution in [1.82, 2.24) is 0 Å². The predicted molar refractivity (Wildman–Crippen MR) is 81.0 cm³/mol. The van der Waals surface area contributed by atoms with E-state index in [4.69, 9.17) is 9.47 Å². The Morgan fingerprint density at radius 3 is 2.38 bits per heavy atom. The highest BCUT2D eigenvalue weighted by atomic mass is 16.5. The van der Waals surface area contributed by atoms with E-state index in [-0.39, 0.29) is 11.5 Å². The molecule has 4 heteroatoms. The highest BCUT2D eigenvalue weighted by molar-refractivity contribution is 6.07. The number of carbonyl (C=O) groups is 1. The van der Waals surface area contributed by atoms with Crippen LogP contribution in [0.4, 0.5) is 0 Å². The minimum Gasteiger partial charge on any atom is -0.508 e. The van der Waals surface area contributed by atoms with Crippen LogP contribution in [-0.4, -0.2) is 25.1 Å². The first kappa shape index (κ1) is 14.7. The molecule has 1 N–H and O–H groups in total. The normalized spacial score (nSPS) is 10.6. The summed E-state index contributed by atoms with van der Waals surface area (Å²) in [7, 11) is 3.09. The molecule has 4 nitrogen and oxygen atoms in total. The average molecular weight is 284 g/mol. The molecule has 0 radical (unpaired) electrons. The van der Waals surface area contributed by atoms with Gasteiger partial charge in [0, 0.05) is 17.2 Å². The molecular formula is C17H16O4. The molecule has 0 aliphatic rings. The quantitative estimate of drug-likeness (QED) is 0.676. The van der Waals surface area contributed by atoms with Gasteiger partial charge in [-0.05, 0) is 48.6 Å². The number of benzene rings is 2. The fourth-order valence-corrected chi connectivity index (χ4v) is 1.85. The first-order valence-corrected chi connectivity index (χ1v) is 6.37. The van der Waals surface area contributed by atoms with Gasteiger partial charge in [0.2, 0.25) is 0 Å². The zero-order valence-electron chi connectivity index (χ0n) is 11.9. The van der Waals surface area contributed by atoms with Crippen molar-refractivity contribution in [3.63, 3.8) is 0 Å². The number of ketones is 1. The molecule has 0 saturated carbocycles. The van der Waals surface area contributed by atoms with Crippen LogP contribution in [0.3, 0.4) is 0 Å². The number of methoxy groups -OCH3 is 2. The van der Waals surface area contributed by atoms with Gasteiger partial charge in [0.05, 0.1) is 14.2 Å². The van der Waals surface area contributed by atoms with Crippen LogP contribution in [-0.2, 0) is 0 Å². The van der Waals surface area contributed by atoms with Crippen molar-refractivity contribution in [3.8, 4) is 17.2 Å².